The molecule has 0 aliphatic rings. The first kappa shape index (κ1) is 14.8. The van der Waals surface area contributed by atoms with Crippen molar-refractivity contribution in [2.45, 2.75) is 13.3 Å². The van der Waals surface area contributed by atoms with Crippen molar-refractivity contribution in [3.8, 4) is 5.75 Å². The number of carbonyl (C=O) groups excluding carboxylic acids is 1. The molecular formula is C13H17FO3S. The molecule has 0 radical (unpaired) electrons. The number of hydrogen-bond acceptors (Lipinski definition) is 4. The van der Waals surface area contributed by atoms with Crippen LogP contribution >= 0.6 is 11.8 Å². The van der Waals surface area contributed by atoms with Gasteiger partial charge in [-0.05, 0) is 24.3 Å². The van der Waals surface area contributed by atoms with Gasteiger partial charge < -0.3 is 9.47 Å². The van der Waals surface area contributed by atoms with Crippen molar-refractivity contribution < 1.29 is 18.7 Å². The molecule has 0 heterocycles. The van der Waals surface area contributed by atoms with Gasteiger partial charge in [0.15, 0.2) is 11.6 Å². The molecule has 0 saturated carbocycles. The average molecular weight is 272 g/mol. The monoisotopic (exact) mass is 272 g/mol. The van der Waals surface area contributed by atoms with Gasteiger partial charge in [0.05, 0.1) is 5.75 Å². The third-order valence-corrected chi connectivity index (χ3v) is 3.15. The fourth-order valence-electron chi connectivity index (χ4n) is 1.21. The summed E-state index contributed by atoms with van der Waals surface area (Å²) in [5.41, 5.74) is 0. The fourth-order valence-corrected chi connectivity index (χ4v) is 1.89. The molecule has 0 bridgehead atoms. The molecule has 3 nitrogen and oxygen atoms in total. The minimum Gasteiger partial charge on any atom is -0.487 e. The van der Waals surface area contributed by atoms with Crippen molar-refractivity contribution in [2.24, 2.45) is 0 Å². The zero-order chi connectivity index (χ0) is 13.2. The highest BCUT2D eigenvalue weighted by Gasteiger charge is 2.04. The van der Waals surface area contributed by atoms with Crippen LogP contribution in [0.2, 0.25) is 0 Å². The predicted octanol–water partition coefficient (Wildman–Crippen LogP) is 2.89. The number of carbonyl (C=O) groups is 1. The minimum absolute atomic E-state index is 0.139. The van der Waals surface area contributed by atoms with E-state index in [2.05, 4.69) is 6.92 Å². The van der Waals surface area contributed by atoms with Crippen LogP contribution in [0.4, 0.5) is 4.39 Å². The van der Waals surface area contributed by atoms with Crippen LogP contribution in [0, 0.1) is 5.82 Å². The van der Waals surface area contributed by atoms with Crippen LogP contribution < -0.4 is 4.74 Å². The molecule has 0 unspecified atom stereocenters. The molecule has 0 amide bonds. The third kappa shape index (κ3) is 5.91. The van der Waals surface area contributed by atoms with E-state index in [0.29, 0.717) is 5.75 Å². The highest BCUT2D eigenvalue weighted by Crippen LogP contribution is 2.14. The number of para-hydroxylation sites is 1. The Hall–Kier alpha value is -1.23. The average Bonchev–Trinajstić information content (AvgIpc) is 2.37. The van der Waals surface area contributed by atoms with Gasteiger partial charge in [-0.2, -0.15) is 11.8 Å². The maximum Gasteiger partial charge on any atom is 0.316 e. The molecule has 0 fully saturated rings. The Morgan fingerprint density at radius 1 is 1.33 bits per heavy atom. The molecule has 1 rings (SSSR count). The van der Waals surface area contributed by atoms with Gasteiger partial charge in [0.1, 0.15) is 13.2 Å². The molecule has 18 heavy (non-hydrogen) atoms. The van der Waals surface area contributed by atoms with E-state index < -0.39 is 5.82 Å². The SMILES string of the molecule is CCCSCC(=O)OCCOc1ccccc1F. The van der Waals surface area contributed by atoms with Crippen molar-refractivity contribution in [3.63, 3.8) is 0 Å². The van der Waals surface area contributed by atoms with Crippen LogP contribution in [0.15, 0.2) is 24.3 Å². The molecule has 0 aromatic heterocycles. The van der Waals surface area contributed by atoms with E-state index in [1.807, 2.05) is 0 Å². The van der Waals surface area contributed by atoms with Gasteiger partial charge in [-0.3, -0.25) is 4.79 Å². The lowest BCUT2D eigenvalue weighted by Gasteiger charge is -2.07. The second kappa shape index (κ2) is 8.80. The lowest BCUT2D eigenvalue weighted by atomic mass is 10.3. The minimum atomic E-state index is -0.415. The van der Waals surface area contributed by atoms with Crippen LogP contribution in [0.25, 0.3) is 0 Å². The van der Waals surface area contributed by atoms with Gasteiger partial charge >= 0.3 is 5.97 Å². The van der Waals surface area contributed by atoms with E-state index in [1.165, 1.54) is 12.1 Å². The van der Waals surface area contributed by atoms with E-state index >= 15 is 0 Å². The molecule has 5 heteroatoms. The maximum absolute atomic E-state index is 13.1. The summed E-state index contributed by atoms with van der Waals surface area (Å²) in [7, 11) is 0. The van der Waals surface area contributed by atoms with Gasteiger partial charge in [-0.25, -0.2) is 4.39 Å². The van der Waals surface area contributed by atoms with Crippen LogP contribution in [-0.2, 0) is 9.53 Å². The number of benzene rings is 1. The number of esters is 1. The van der Waals surface area contributed by atoms with Gasteiger partial charge in [-0.1, -0.05) is 19.1 Å². The normalized spacial score (nSPS) is 10.1. The maximum atomic E-state index is 13.1. The molecule has 0 aliphatic heterocycles. The van der Waals surface area contributed by atoms with E-state index in [1.54, 1.807) is 23.9 Å². The van der Waals surface area contributed by atoms with E-state index in [-0.39, 0.29) is 24.9 Å². The number of hydrogen-bond donors (Lipinski definition) is 0. The van der Waals surface area contributed by atoms with Crippen LogP contribution in [0.1, 0.15) is 13.3 Å². The molecule has 1 aromatic rings. The lowest BCUT2D eigenvalue weighted by Crippen LogP contribution is -2.14. The van der Waals surface area contributed by atoms with Crippen molar-refractivity contribution in [2.75, 3.05) is 24.7 Å². The van der Waals surface area contributed by atoms with Crippen molar-refractivity contribution in [1.29, 1.82) is 0 Å². The summed E-state index contributed by atoms with van der Waals surface area (Å²) in [6.07, 6.45) is 1.04. The molecule has 0 N–H and O–H groups in total. The number of ether oxygens (including phenoxy) is 2. The van der Waals surface area contributed by atoms with Gasteiger partial charge in [0.2, 0.25) is 0 Å². The molecule has 0 aliphatic carbocycles. The molecule has 0 atom stereocenters. The predicted molar refractivity (Wildman–Crippen MR) is 70.5 cm³/mol. The van der Waals surface area contributed by atoms with E-state index in [9.17, 15) is 9.18 Å². The first-order valence-electron chi connectivity index (χ1n) is 5.84. The summed E-state index contributed by atoms with van der Waals surface area (Å²) in [6.45, 7) is 2.35. The van der Waals surface area contributed by atoms with Crippen molar-refractivity contribution >= 4 is 17.7 Å². The van der Waals surface area contributed by atoms with Gasteiger partial charge in [0.25, 0.3) is 0 Å². The molecule has 100 valence electrons. The standard InChI is InChI=1S/C13H17FO3S/c1-2-9-18-10-13(15)17-8-7-16-12-6-4-3-5-11(12)14/h3-6H,2,7-10H2,1H3. The van der Waals surface area contributed by atoms with Crippen LogP contribution in [-0.4, -0.2) is 30.7 Å². The summed E-state index contributed by atoms with van der Waals surface area (Å²) in [4.78, 5) is 11.2. The second-order valence-corrected chi connectivity index (χ2v) is 4.66. The Bertz CT molecular complexity index is 371. The smallest absolute Gasteiger partial charge is 0.316 e. The first-order chi connectivity index (χ1) is 8.74. The van der Waals surface area contributed by atoms with Gasteiger partial charge in [-0.15, -0.1) is 0 Å². The zero-order valence-corrected chi connectivity index (χ0v) is 11.2. The molecule has 0 saturated heterocycles. The Balaban J connectivity index is 2.12. The summed E-state index contributed by atoms with van der Waals surface area (Å²) in [5, 5.41) is 0. The third-order valence-electron chi connectivity index (χ3n) is 2.01. The largest absolute Gasteiger partial charge is 0.487 e. The van der Waals surface area contributed by atoms with Crippen LogP contribution in [0.5, 0.6) is 5.75 Å². The number of rotatable bonds is 8. The Morgan fingerprint density at radius 3 is 2.83 bits per heavy atom. The fraction of sp³-hybridized carbons (Fsp3) is 0.462. The van der Waals surface area contributed by atoms with Crippen molar-refractivity contribution in [3.05, 3.63) is 30.1 Å². The molecular weight excluding hydrogens is 255 g/mol. The summed E-state index contributed by atoms with van der Waals surface area (Å²) in [6, 6.07) is 6.13. The summed E-state index contributed by atoms with van der Waals surface area (Å²) >= 11 is 1.54. The Kier molecular flexibility index (Phi) is 7.25. The highest BCUT2D eigenvalue weighted by molar-refractivity contribution is 7.99. The van der Waals surface area contributed by atoms with Crippen molar-refractivity contribution in [1.82, 2.24) is 0 Å². The number of halogens is 1. The summed E-state index contributed by atoms with van der Waals surface area (Å²) < 4.78 is 23.2. The van der Waals surface area contributed by atoms with Crippen LogP contribution in [0.3, 0.4) is 0 Å². The highest BCUT2D eigenvalue weighted by atomic mass is 32.2. The Morgan fingerprint density at radius 2 is 2.11 bits per heavy atom. The molecule has 0 spiro atoms. The topological polar surface area (TPSA) is 35.5 Å². The zero-order valence-electron chi connectivity index (χ0n) is 10.4. The van der Waals surface area contributed by atoms with E-state index in [0.717, 1.165) is 12.2 Å². The lowest BCUT2D eigenvalue weighted by molar-refractivity contribution is -0.141. The quantitative estimate of drug-likeness (QED) is 0.538. The summed E-state index contributed by atoms with van der Waals surface area (Å²) in [5.74, 6) is 0.802. The first-order valence-corrected chi connectivity index (χ1v) is 7.00. The van der Waals surface area contributed by atoms with E-state index in [4.69, 9.17) is 9.47 Å². The second-order valence-electron chi connectivity index (χ2n) is 3.55. The van der Waals surface area contributed by atoms with Gasteiger partial charge in [0, 0.05) is 0 Å². The Labute approximate surface area is 111 Å². The number of thioether (sulfide) groups is 1. The molecule has 1 aromatic carbocycles.